The second kappa shape index (κ2) is 8.08. The number of hydrogen-bond acceptors (Lipinski definition) is 6. The number of aryl methyl sites for hydroxylation is 1. The average Bonchev–Trinajstić information content (AvgIpc) is 3.07. The van der Waals surface area contributed by atoms with Gasteiger partial charge in [-0.05, 0) is 31.2 Å². The minimum atomic E-state index is -0.595. The van der Waals surface area contributed by atoms with Gasteiger partial charge in [-0.3, -0.25) is 4.79 Å². The lowest BCUT2D eigenvalue weighted by molar-refractivity contribution is -0.134. The summed E-state index contributed by atoms with van der Waals surface area (Å²) in [5.41, 5.74) is 2.24. The Hall–Kier alpha value is -3.13. The molecule has 9 heteroatoms. The zero-order valence-corrected chi connectivity index (χ0v) is 16.7. The first-order valence-electron chi connectivity index (χ1n) is 9.28. The molecule has 29 heavy (non-hydrogen) atoms. The number of amides is 1. The van der Waals surface area contributed by atoms with Crippen LogP contribution in [-0.4, -0.2) is 64.2 Å². The molecule has 2 aromatic heterocycles. The van der Waals surface area contributed by atoms with Crippen molar-refractivity contribution in [1.82, 2.24) is 19.5 Å². The lowest BCUT2D eigenvalue weighted by Crippen LogP contribution is -2.49. The number of anilines is 1. The van der Waals surface area contributed by atoms with Gasteiger partial charge in [-0.2, -0.15) is 5.10 Å². The number of aromatic nitrogens is 3. The first-order chi connectivity index (χ1) is 14.0. The predicted octanol–water partition coefficient (Wildman–Crippen LogP) is 2.20. The number of halogens is 1. The predicted molar refractivity (Wildman–Crippen MR) is 108 cm³/mol. The summed E-state index contributed by atoms with van der Waals surface area (Å²) < 4.78 is 6.78. The van der Waals surface area contributed by atoms with Crippen LogP contribution in [-0.2, 0) is 9.53 Å². The molecule has 0 spiro atoms. The van der Waals surface area contributed by atoms with Gasteiger partial charge in [0.05, 0.1) is 5.69 Å². The summed E-state index contributed by atoms with van der Waals surface area (Å²) >= 11 is 6.05. The SMILES string of the molecule is Cc1nn2cccnc2c1C(=O)OCC(=O)N1CCN(c2cccc(Cl)c2)CC1. The summed E-state index contributed by atoms with van der Waals surface area (Å²) in [4.78, 5) is 33.0. The van der Waals surface area contributed by atoms with Crippen LogP contribution in [0.5, 0.6) is 0 Å². The third kappa shape index (κ3) is 4.02. The largest absolute Gasteiger partial charge is 0.452 e. The molecule has 1 fully saturated rings. The van der Waals surface area contributed by atoms with E-state index < -0.39 is 5.97 Å². The Bertz CT molecular complexity index is 1060. The molecule has 0 unspecified atom stereocenters. The van der Waals surface area contributed by atoms with Crippen LogP contribution in [0.3, 0.4) is 0 Å². The summed E-state index contributed by atoms with van der Waals surface area (Å²) in [6.07, 6.45) is 3.29. The minimum absolute atomic E-state index is 0.216. The van der Waals surface area contributed by atoms with Gasteiger partial charge in [-0.25, -0.2) is 14.3 Å². The van der Waals surface area contributed by atoms with E-state index in [0.29, 0.717) is 42.5 Å². The fraction of sp³-hybridized carbons (Fsp3) is 0.300. The molecule has 0 bridgehead atoms. The highest BCUT2D eigenvalue weighted by Gasteiger charge is 2.24. The first-order valence-corrected chi connectivity index (χ1v) is 9.66. The van der Waals surface area contributed by atoms with Crippen molar-refractivity contribution in [2.75, 3.05) is 37.7 Å². The highest BCUT2D eigenvalue weighted by molar-refractivity contribution is 6.30. The van der Waals surface area contributed by atoms with E-state index in [1.165, 1.54) is 4.52 Å². The highest BCUT2D eigenvalue weighted by atomic mass is 35.5. The van der Waals surface area contributed by atoms with Crippen molar-refractivity contribution in [3.05, 3.63) is 59.0 Å². The van der Waals surface area contributed by atoms with E-state index in [1.807, 2.05) is 24.3 Å². The molecule has 1 aliphatic rings. The van der Waals surface area contributed by atoms with E-state index in [1.54, 1.807) is 30.3 Å². The molecule has 0 atom stereocenters. The molecule has 1 aromatic carbocycles. The van der Waals surface area contributed by atoms with Crippen LogP contribution in [0.4, 0.5) is 5.69 Å². The molecule has 1 saturated heterocycles. The van der Waals surface area contributed by atoms with E-state index in [2.05, 4.69) is 15.0 Å². The summed E-state index contributed by atoms with van der Waals surface area (Å²) in [7, 11) is 0. The summed E-state index contributed by atoms with van der Waals surface area (Å²) in [6.45, 7) is 3.90. The van der Waals surface area contributed by atoms with Crippen molar-refractivity contribution in [3.63, 3.8) is 0 Å². The van der Waals surface area contributed by atoms with Crippen LogP contribution in [0.1, 0.15) is 16.1 Å². The van der Waals surface area contributed by atoms with E-state index >= 15 is 0 Å². The normalized spacial score (nSPS) is 14.3. The maximum Gasteiger partial charge on any atom is 0.344 e. The maximum absolute atomic E-state index is 12.5. The second-order valence-corrected chi connectivity index (χ2v) is 7.21. The number of benzene rings is 1. The van der Waals surface area contributed by atoms with Gasteiger partial charge >= 0.3 is 5.97 Å². The number of hydrogen-bond donors (Lipinski definition) is 0. The average molecular weight is 414 g/mol. The van der Waals surface area contributed by atoms with Gasteiger partial charge in [0.25, 0.3) is 5.91 Å². The van der Waals surface area contributed by atoms with Crippen molar-refractivity contribution in [1.29, 1.82) is 0 Å². The van der Waals surface area contributed by atoms with Crippen LogP contribution in [0.25, 0.3) is 5.65 Å². The third-order valence-electron chi connectivity index (χ3n) is 4.91. The van der Waals surface area contributed by atoms with Crippen LogP contribution in [0, 0.1) is 6.92 Å². The number of nitrogens with zero attached hydrogens (tertiary/aromatic N) is 5. The summed E-state index contributed by atoms with van der Waals surface area (Å²) in [5, 5.41) is 4.92. The van der Waals surface area contributed by atoms with Gasteiger partial charge in [0.15, 0.2) is 12.3 Å². The molecule has 0 saturated carbocycles. The molecule has 150 valence electrons. The van der Waals surface area contributed by atoms with Gasteiger partial charge < -0.3 is 14.5 Å². The number of ether oxygens (including phenoxy) is 1. The molecule has 1 aliphatic heterocycles. The molecule has 3 heterocycles. The van der Waals surface area contributed by atoms with Crippen molar-refractivity contribution >= 4 is 34.8 Å². The lowest BCUT2D eigenvalue weighted by Gasteiger charge is -2.36. The van der Waals surface area contributed by atoms with Crippen LogP contribution < -0.4 is 4.90 Å². The molecule has 0 aliphatic carbocycles. The topological polar surface area (TPSA) is 80.0 Å². The Morgan fingerprint density at radius 3 is 2.72 bits per heavy atom. The third-order valence-corrected chi connectivity index (χ3v) is 5.14. The summed E-state index contributed by atoms with van der Waals surface area (Å²) in [5.74, 6) is -0.812. The Morgan fingerprint density at radius 2 is 1.97 bits per heavy atom. The Labute approximate surface area is 172 Å². The molecular weight excluding hydrogens is 394 g/mol. The zero-order valence-electron chi connectivity index (χ0n) is 15.9. The van der Waals surface area contributed by atoms with Gasteiger partial charge in [-0.1, -0.05) is 17.7 Å². The number of carbonyl (C=O) groups excluding carboxylic acids is 2. The number of rotatable bonds is 4. The van der Waals surface area contributed by atoms with E-state index in [4.69, 9.17) is 16.3 Å². The Morgan fingerprint density at radius 1 is 1.17 bits per heavy atom. The van der Waals surface area contributed by atoms with Gasteiger partial charge in [0, 0.05) is 49.3 Å². The minimum Gasteiger partial charge on any atom is -0.452 e. The number of carbonyl (C=O) groups is 2. The van der Waals surface area contributed by atoms with Gasteiger partial charge in [-0.15, -0.1) is 0 Å². The highest BCUT2D eigenvalue weighted by Crippen LogP contribution is 2.21. The van der Waals surface area contributed by atoms with E-state index in [0.717, 1.165) is 5.69 Å². The molecule has 1 amide bonds. The second-order valence-electron chi connectivity index (χ2n) is 6.77. The fourth-order valence-corrected chi connectivity index (χ4v) is 3.60. The maximum atomic E-state index is 12.5. The Kier molecular flexibility index (Phi) is 5.35. The smallest absolute Gasteiger partial charge is 0.344 e. The van der Waals surface area contributed by atoms with Crippen LogP contribution >= 0.6 is 11.6 Å². The molecule has 3 aromatic rings. The van der Waals surface area contributed by atoms with E-state index in [9.17, 15) is 9.59 Å². The number of fused-ring (bicyclic) bond motifs is 1. The van der Waals surface area contributed by atoms with Crippen molar-refractivity contribution in [2.45, 2.75) is 6.92 Å². The monoisotopic (exact) mass is 413 g/mol. The lowest BCUT2D eigenvalue weighted by atomic mass is 10.2. The molecule has 0 radical (unpaired) electrons. The molecule has 0 N–H and O–H groups in total. The van der Waals surface area contributed by atoms with Crippen molar-refractivity contribution in [3.8, 4) is 0 Å². The van der Waals surface area contributed by atoms with Crippen LogP contribution in [0.2, 0.25) is 5.02 Å². The van der Waals surface area contributed by atoms with Crippen molar-refractivity contribution in [2.24, 2.45) is 0 Å². The first kappa shape index (κ1) is 19.2. The summed E-state index contributed by atoms with van der Waals surface area (Å²) in [6, 6.07) is 9.37. The van der Waals surface area contributed by atoms with E-state index in [-0.39, 0.29) is 18.1 Å². The number of piperazine rings is 1. The molecular formula is C20H20ClN5O3. The Balaban J connectivity index is 1.33. The quantitative estimate of drug-likeness (QED) is 0.610. The standard InChI is InChI=1S/C20H20ClN5O3/c1-14-18(19-22-6-3-7-26(19)23-14)20(28)29-13-17(27)25-10-8-24(9-11-25)16-5-2-4-15(21)12-16/h2-7,12H,8-11,13H2,1H3. The van der Waals surface area contributed by atoms with Crippen LogP contribution in [0.15, 0.2) is 42.7 Å². The van der Waals surface area contributed by atoms with Crippen molar-refractivity contribution < 1.29 is 14.3 Å². The molecule has 4 rings (SSSR count). The zero-order chi connectivity index (χ0) is 20.4. The van der Waals surface area contributed by atoms with Gasteiger partial charge in [0.1, 0.15) is 5.56 Å². The molecule has 8 nitrogen and oxygen atoms in total. The van der Waals surface area contributed by atoms with Gasteiger partial charge in [0.2, 0.25) is 0 Å². The number of esters is 1. The fourth-order valence-electron chi connectivity index (χ4n) is 3.41.